The molecule has 0 saturated carbocycles. The van der Waals surface area contributed by atoms with Gasteiger partial charge in [0.1, 0.15) is 5.82 Å². The van der Waals surface area contributed by atoms with Crippen LogP contribution in [-0.4, -0.2) is 36.7 Å². The lowest BCUT2D eigenvalue weighted by atomic mass is 10.1. The molecule has 1 saturated heterocycles. The van der Waals surface area contributed by atoms with Gasteiger partial charge in [0, 0.05) is 13.1 Å². The number of piperidine rings is 1. The second-order valence-electron chi connectivity index (χ2n) is 5.55. The summed E-state index contributed by atoms with van der Waals surface area (Å²) in [5, 5.41) is 6.64. The summed E-state index contributed by atoms with van der Waals surface area (Å²) >= 11 is 0. The molecule has 124 valence electrons. The molecule has 0 spiro atoms. The van der Waals surface area contributed by atoms with E-state index in [1.807, 2.05) is 4.90 Å². The topological polar surface area (TPSA) is 91.0 Å². The highest BCUT2D eigenvalue weighted by Gasteiger charge is 2.20. The zero-order chi connectivity index (χ0) is 16.4. The Hall–Kier alpha value is -2.16. The maximum atomic E-state index is 13.3. The standard InChI is InChI=1S/C14H18FN5O2S/c1-10-9-11(5-6-12(10)15)23(21,22)19-13-16-14(18-17-13)20-7-3-2-4-8-20/h5-6,9H,2-4,7-8H2,1H3,(H2,16,17,18,19). The first kappa shape index (κ1) is 15.7. The van der Waals surface area contributed by atoms with E-state index in [2.05, 4.69) is 19.9 Å². The van der Waals surface area contributed by atoms with Crippen LogP contribution in [-0.2, 0) is 10.0 Å². The Bertz CT molecular complexity index is 799. The van der Waals surface area contributed by atoms with E-state index in [4.69, 9.17) is 0 Å². The average Bonchev–Trinajstić information content (AvgIpc) is 2.98. The van der Waals surface area contributed by atoms with Gasteiger partial charge in [0.2, 0.25) is 11.9 Å². The first-order chi connectivity index (χ1) is 11.0. The molecule has 0 aliphatic carbocycles. The molecule has 1 aliphatic rings. The summed E-state index contributed by atoms with van der Waals surface area (Å²) in [6.45, 7) is 3.24. The van der Waals surface area contributed by atoms with Crippen molar-refractivity contribution < 1.29 is 12.8 Å². The minimum atomic E-state index is -3.84. The number of nitrogens with one attached hydrogen (secondary N) is 2. The summed E-state index contributed by atoms with van der Waals surface area (Å²) in [7, 11) is -3.84. The Labute approximate surface area is 134 Å². The van der Waals surface area contributed by atoms with Gasteiger partial charge in [-0.05, 0) is 49.9 Å². The van der Waals surface area contributed by atoms with Gasteiger partial charge in [-0.1, -0.05) is 0 Å². The van der Waals surface area contributed by atoms with Crippen molar-refractivity contribution in [1.82, 2.24) is 15.2 Å². The van der Waals surface area contributed by atoms with Crippen LogP contribution in [0.15, 0.2) is 23.1 Å². The molecule has 2 heterocycles. The van der Waals surface area contributed by atoms with E-state index in [0.717, 1.165) is 32.0 Å². The van der Waals surface area contributed by atoms with Crippen LogP contribution in [0.2, 0.25) is 0 Å². The highest BCUT2D eigenvalue weighted by atomic mass is 32.2. The third-order valence-electron chi connectivity index (χ3n) is 3.78. The van der Waals surface area contributed by atoms with E-state index in [1.165, 1.54) is 25.5 Å². The maximum Gasteiger partial charge on any atom is 0.264 e. The molecular formula is C14H18FN5O2S. The predicted molar refractivity (Wildman–Crippen MR) is 84.4 cm³/mol. The number of aryl methyl sites for hydroxylation is 1. The van der Waals surface area contributed by atoms with E-state index in [9.17, 15) is 12.8 Å². The van der Waals surface area contributed by atoms with Crippen LogP contribution in [0.3, 0.4) is 0 Å². The molecule has 1 fully saturated rings. The van der Waals surface area contributed by atoms with Crippen molar-refractivity contribution in [3.05, 3.63) is 29.6 Å². The predicted octanol–water partition coefficient (Wildman–Crippen LogP) is 2.04. The first-order valence-corrected chi connectivity index (χ1v) is 8.90. The summed E-state index contributed by atoms with van der Waals surface area (Å²) in [6, 6.07) is 3.62. The number of rotatable bonds is 4. The largest absolute Gasteiger partial charge is 0.340 e. The van der Waals surface area contributed by atoms with Crippen molar-refractivity contribution in [1.29, 1.82) is 0 Å². The van der Waals surface area contributed by atoms with Crippen LogP contribution in [0.4, 0.5) is 16.3 Å². The number of aromatic nitrogens is 3. The first-order valence-electron chi connectivity index (χ1n) is 7.42. The van der Waals surface area contributed by atoms with Crippen molar-refractivity contribution in [2.75, 3.05) is 22.7 Å². The molecule has 23 heavy (non-hydrogen) atoms. The van der Waals surface area contributed by atoms with Gasteiger partial charge >= 0.3 is 0 Å². The van der Waals surface area contributed by atoms with Crippen LogP contribution in [0.1, 0.15) is 24.8 Å². The summed E-state index contributed by atoms with van der Waals surface area (Å²) in [5.41, 5.74) is 0.263. The van der Waals surface area contributed by atoms with Crippen LogP contribution in [0.5, 0.6) is 0 Å². The number of benzene rings is 1. The quantitative estimate of drug-likeness (QED) is 0.889. The molecule has 1 aromatic heterocycles. The Morgan fingerprint density at radius 1 is 1.26 bits per heavy atom. The smallest absolute Gasteiger partial charge is 0.264 e. The fourth-order valence-corrected chi connectivity index (χ4v) is 3.55. The third kappa shape index (κ3) is 3.44. The van der Waals surface area contributed by atoms with Crippen LogP contribution in [0.25, 0.3) is 0 Å². The molecular weight excluding hydrogens is 321 g/mol. The lowest BCUT2D eigenvalue weighted by Crippen LogP contribution is -2.30. The van der Waals surface area contributed by atoms with Gasteiger partial charge in [-0.2, -0.15) is 4.98 Å². The lowest BCUT2D eigenvalue weighted by Gasteiger charge is -2.24. The molecule has 0 radical (unpaired) electrons. The zero-order valence-corrected chi connectivity index (χ0v) is 13.5. The van der Waals surface area contributed by atoms with Crippen molar-refractivity contribution in [2.45, 2.75) is 31.1 Å². The minimum absolute atomic E-state index is 0.0210. The van der Waals surface area contributed by atoms with Crippen LogP contribution < -0.4 is 9.62 Å². The second kappa shape index (κ2) is 6.15. The van der Waals surface area contributed by atoms with Gasteiger partial charge in [-0.3, -0.25) is 0 Å². The van der Waals surface area contributed by atoms with Crippen molar-refractivity contribution in [3.8, 4) is 0 Å². The van der Waals surface area contributed by atoms with E-state index >= 15 is 0 Å². The zero-order valence-electron chi connectivity index (χ0n) is 12.7. The molecule has 1 aliphatic heterocycles. The highest BCUT2D eigenvalue weighted by molar-refractivity contribution is 7.92. The molecule has 0 atom stereocenters. The Morgan fingerprint density at radius 3 is 2.70 bits per heavy atom. The molecule has 7 nitrogen and oxygen atoms in total. The van der Waals surface area contributed by atoms with Gasteiger partial charge in [0.25, 0.3) is 10.0 Å². The van der Waals surface area contributed by atoms with Gasteiger partial charge < -0.3 is 4.90 Å². The second-order valence-corrected chi connectivity index (χ2v) is 7.23. The fourth-order valence-electron chi connectivity index (χ4n) is 2.50. The summed E-state index contributed by atoms with van der Waals surface area (Å²) in [6.07, 6.45) is 3.33. The van der Waals surface area contributed by atoms with Gasteiger partial charge in [-0.25, -0.2) is 22.6 Å². The van der Waals surface area contributed by atoms with Crippen LogP contribution >= 0.6 is 0 Å². The number of halogens is 1. The molecule has 2 aromatic rings. The van der Waals surface area contributed by atoms with Gasteiger partial charge in [-0.15, -0.1) is 5.10 Å². The summed E-state index contributed by atoms with van der Waals surface area (Å²) < 4.78 is 40.2. The maximum absolute atomic E-state index is 13.3. The summed E-state index contributed by atoms with van der Waals surface area (Å²) in [4.78, 5) is 6.17. The number of nitrogens with zero attached hydrogens (tertiary/aromatic N) is 3. The van der Waals surface area contributed by atoms with Gasteiger partial charge in [0.05, 0.1) is 4.90 Å². The number of anilines is 2. The molecule has 2 N–H and O–H groups in total. The van der Waals surface area contributed by atoms with Crippen molar-refractivity contribution in [3.63, 3.8) is 0 Å². The monoisotopic (exact) mass is 339 g/mol. The highest BCUT2D eigenvalue weighted by Crippen LogP contribution is 2.19. The lowest BCUT2D eigenvalue weighted by molar-refractivity contribution is 0.569. The van der Waals surface area contributed by atoms with Crippen molar-refractivity contribution >= 4 is 21.9 Å². The fraction of sp³-hybridized carbons (Fsp3) is 0.429. The van der Waals surface area contributed by atoms with E-state index in [1.54, 1.807) is 0 Å². The van der Waals surface area contributed by atoms with Crippen LogP contribution in [0, 0.1) is 12.7 Å². The molecule has 0 bridgehead atoms. The number of hydrogen-bond donors (Lipinski definition) is 2. The number of hydrogen-bond acceptors (Lipinski definition) is 5. The SMILES string of the molecule is Cc1cc(S(=O)(=O)Nc2nc(N3CCCCC3)n[nH]2)ccc1F. The molecule has 9 heteroatoms. The Balaban J connectivity index is 1.77. The van der Waals surface area contributed by atoms with E-state index in [0.29, 0.717) is 5.95 Å². The number of sulfonamides is 1. The summed E-state index contributed by atoms with van der Waals surface area (Å²) in [5.74, 6) is 0.0845. The van der Waals surface area contributed by atoms with E-state index < -0.39 is 15.8 Å². The number of H-pyrrole nitrogens is 1. The normalized spacial score (nSPS) is 15.7. The molecule has 3 rings (SSSR count). The molecule has 0 unspecified atom stereocenters. The van der Waals surface area contributed by atoms with E-state index in [-0.39, 0.29) is 16.4 Å². The molecule has 0 amide bonds. The average molecular weight is 339 g/mol. The number of aromatic amines is 1. The Morgan fingerprint density at radius 2 is 2.00 bits per heavy atom. The third-order valence-corrected chi connectivity index (χ3v) is 5.12. The Kier molecular flexibility index (Phi) is 4.20. The van der Waals surface area contributed by atoms with Crippen molar-refractivity contribution in [2.24, 2.45) is 0 Å². The van der Waals surface area contributed by atoms with Gasteiger partial charge in [0.15, 0.2) is 0 Å². The minimum Gasteiger partial charge on any atom is -0.340 e. The molecule has 1 aromatic carbocycles.